The number of esters is 1. The van der Waals surface area contributed by atoms with Crippen LogP contribution >= 0.6 is 0 Å². The summed E-state index contributed by atoms with van der Waals surface area (Å²) in [5, 5.41) is 3.03. The van der Waals surface area contributed by atoms with Gasteiger partial charge in [0.2, 0.25) is 12.0 Å². The summed E-state index contributed by atoms with van der Waals surface area (Å²) in [4.78, 5) is 40.5. The Hall–Kier alpha value is -2.37. The maximum atomic E-state index is 13.1. The van der Waals surface area contributed by atoms with Gasteiger partial charge in [0.15, 0.2) is 0 Å². The minimum absolute atomic E-state index is 0.0781. The molecule has 5 aliphatic rings. The molecule has 6 heteroatoms. The Bertz CT molecular complexity index is 827. The second-order valence-electron chi connectivity index (χ2n) is 10.5. The highest BCUT2D eigenvalue weighted by Crippen LogP contribution is 2.60. The van der Waals surface area contributed by atoms with Crippen molar-refractivity contribution >= 4 is 17.8 Å². The molecule has 1 unspecified atom stereocenters. The van der Waals surface area contributed by atoms with Crippen molar-refractivity contribution in [3.63, 3.8) is 0 Å². The van der Waals surface area contributed by atoms with Crippen LogP contribution < -0.4 is 5.32 Å². The van der Waals surface area contributed by atoms with E-state index in [1.807, 2.05) is 30.3 Å². The fourth-order valence-corrected chi connectivity index (χ4v) is 7.04. The van der Waals surface area contributed by atoms with Gasteiger partial charge in [0.05, 0.1) is 6.42 Å². The molecule has 0 aromatic heterocycles. The number of nitrogens with zero attached hydrogens (tertiary/aromatic N) is 1. The van der Waals surface area contributed by atoms with E-state index in [4.69, 9.17) is 4.74 Å². The van der Waals surface area contributed by atoms with Crippen molar-refractivity contribution in [2.24, 2.45) is 23.2 Å². The first-order valence-electron chi connectivity index (χ1n) is 12.3. The number of carbonyl (C=O) groups excluding carboxylic acids is 3. The zero-order valence-corrected chi connectivity index (χ0v) is 18.8. The Morgan fingerprint density at radius 3 is 2.16 bits per heavy atom. The summed E-state index contributed by atoms with van der Waals surface area (Å²) in [5.41, 5.74) is 0.479. The van der Waals surface area contributed by atoms with Gasteiger partial charge in [0.25, 0.3) is 5.91 Å². The lowest BCUT2D eigenvalue weighted by atomic mass is 9.49. The average molecular weight is 439 g/mol. The van der Waals surface area contributed by atoms with Crippen molar-refractivity contribution in [3.05, 3.63) is 35.9 Å². The molecular weight excluding hydrogens is 404 g/mol. The number of nitrogens with one attached hydrogen (secondary N) is 1. The molecular formula is C26H34N2O4. The molecule has 6 rings (SSSR count). The summed E-state index contributed by atoms with van der Waals surface area (Å²) < 4.78 is 5.66. The molecule has 1 atom stereocenters. The molecule has 1 heterocycles. The molecule has 1 aliphatic heterocycles. The van der Waals surface area contributed by atoms with Gasteiger partial charge in [0, 0.05) is 30.6 Å². The van der Waals surface area contributed by atoms with E-state index in [1.165, 1.54) is 19.3 Å². The number of rotatable bonds is 7. The lowest BCUT2D eigenvalue weighted by molar-refractivity contribution is -0.160. The van der Waals surface area contributed by atoms with Gasteiger partial charge in [-0.05, 0) is 69.1 Å². The Morgan fingerprint density at radius 1 is 0.969 bits per heavy atom. The molecule has 1 aromatic carbocycles. The van der Waals surface area contributed by atoms with E-state index in [0.29, 0.717) is 36.4 Å². The van der Waals surface area contributed by atoms with E-state index in [-0.39, 0.29) is 30.2 Å². The topological polar surface area (TPSA) is 75.7 Å². The largest absolute Gasteiger partial charge is 0.447 e. The first kappa shape index (κ1) is 21.5. The van der Waals surface area contributed by atoms with Gasteiger partial charge in [-0.15, -0.1) is 0 Å². The molecule has 4 bridgehead atoms. The number of benzene rings is 1. The third-order valence-corrected chi connectivity index (χ3v) is 8.13. The van der Waals surface area contributed by atoms with E-state index in [2.05, 4.69) is 5.32 Å². The molecule has 4 aliphatic carbocycles. The fraction of sp³-hybridized carbons (Fsp3) is 0.654. The monoisotopic (exact) mass is 438 g/mol. The number of hydrogen-bond acceptors (Lipinski definition) is 4. The molecule has 5 fully saturated rings. The Kier molecular flexibility index (Phi) is 5.95. The van der Waals surface area contributed by atoms with Crippen LogP contribution in [0.1, 0.15) is 69.5 Å². The summed E-state index contributed by atoms with van der Waals surface area (Å²) in [6.07, 6.45) is 8.05. The van der Waals surface area contributed by atoms with Gasteiger partial charge >= 0.3 is 5.97 Å². The molecule has 1 saturated heterocycles. The van der Waals surface area contributed by atoms with Crippen molar-refractivity contribution < 1.29 is 19.1 Å². The first-order chi connectivity index (χ1) is 15.5. The zero-order valence-electron chi connectivity index (χ0n) is 18.8. The van der Waals surface area contributed by atoms with Crippen molar-refractivity contribution in [2.45, 2.75) is 63.9 Å². The van der Waals surface area contributed by atoms with E-state index in [1.54, 1.807) is 4.90 Å². The van der Waals surface area contributed by atoms with Crippen molar-refractivity contribution in [2.75, 3.05) is 19.6 Å². The van der Waals surface area contributed by atoms with Crippen LogP contribution in [0.5, 0.6) is 0 Å². The van der Waals surface area contributed by atoms with E-state index in [0.717, 1.165) is 32.1 Å². The predicted molar refractivity (Wildman–Crippen MR) is 119 cm³/mol. The number of amides is 2. The first-order valence-corrected chi connectivity index (χ1v) is 12.3. The van der Waals surface area contributed by atoms with Gasteiger partial charge in [-0.2, -0.15) is 0 Å². The molecule has 172 valence electrons. The van der Waals surface area contributed by atoms with Crippen LogP contribution in [0.2, 0.25) is 0 Å². The standard InChI is InChI=1S/C26H34N2O4/c29-22(32-23(21-6-2-1-3-7-21)24(30)28-10-4-5-11-28)8-9-27-25(31)26-15-18-12-19(16-26)14-20(13-18)17-26/h1-3,6-7,18-20,23H,4-5,8-17H2,(H,27,31). The minimum Gasteiger partial charge on any atom is -0.447 e. The second kappa shape index (κ2) is 8.87. The third kappa shape index (κ3) is 4.28. The van der Waals surface area contributed by atoms with Gasteiger partial charge in [-0.25, -0.2) is 0 Å². The lowest BCUT2D eigenvalue weighted by Crippen LogP contribution is -2.53. The van der Waals surface area contributed by atoms with Crippen LogP contribution in [0.3, 0.4) is 0 Å². The van der Waals surface area contributed by atoms with Crippen LogP contribution in [0, 0.1) is 23.2 Å². The molecule has 0 radical (unpaired) electrons. The summed E-state index contributed by atoms with van der Waals surface area (Å²) in [6, 6.07) is 9.21. The van der Waals surface area contributed by atoms with E-state index >= 15 is 0 Å². The van der Waals surface area contributed by atoms with Gasteiger partial charge in [-0.1, -0.05) is 30.3 Å². The van der Waals surface area contributed by atoms with Crippen molar-refractivity contribution in [1.82, 2.24) is 10.2 Å². The maximum Gasteiger partial charge on any atom is 0.308 e. The summed E-state index contributed by atoms with van der Waals surface area (Å²) >= 11 is 0. The third-order valence-electron chi connectivity index (χ3n) is 8.13. The van der Waals surface area contributed by atoms with Gasteiger partial charge in [-0.3, -0.25) is 14.4 Å². The molecule has 1 aromatic rings. The molecule has 2 amide bonds. The number of likely N-dealkylation sites (tertiary alicyclic amines) is 1. The van der Waals surface area contributed by atoms with Crippen molar-refractivity contribution in [3.8, 4) is 0 Å². The van der Waals surface area contributed by atoms with Crippen molar-refractivity contribution in [1.29, 1.82) is 0 Å². The highest BCUT2D eigenvalue weighted by atomic mass is 16.5. The average Bonchev–Trinajstić information content (AvgIpc) is 3.32. The lowest BCUT2D eigenvalue weighted by Gasteiger charge is -2.55. The maximum absolute atomic E-state index is 13.1. The van der Waals surface area contributed by atoms with Crippen LogP contribution in [0.15, 0.2) is 30.3 Å². The van der Waals surface area contributed by atoms with Crippen LogP contribution in [0.25, 0.3) is 0 Å². The summed E-state index contributed by atoms with van der Waals surface area (Å²) in [7, 11) is 0. The molecule has 1 N–H and O–H groups in total. The highest BCUT2D eigenvalue weighted by Gasteiger charge is 2.54. The summed E-state index contributed by atoms with van der Waals surface area (Å²) in [5.74, 6) is 1.65. The SMILES string of the molecule is O=C(CCNC(=O)C12CC3CC(CC(C3)C1)C2)OC(C(=O)N1CCCC1)c1ccccc1. The Balaban J connectivity index is 1.16. The molecule has 0 spiro atoms. The number of ether oxygens (including phenoxy) is 1. The quantitative estimate of drug-likeness (QED) is 0.660. The number of hydrogen-bond donors (Lipinski definition) is 1. The van der Waals surface area contributed by atoms with Crippen LogP contribution in [-0.2, 0) is 19.1 Å². The highest BCUT2D eigenvalue weighted by molar-refractivity contribution is 5.86. The fourth-order valence-electron chi connectivity index (χ4n) is 7.04. The normalized spacial score (nSPS) is 31.4. The van der Waals surface area contributed by atoms with Crippen LogP contribution in [-0.4, -0.2) is 42.3 Å². The summed E-state index contributed by atoms with van der Waals surface area (Å²) in [6.45, 7) is 1.68. The Morgan fingerprint density at radius 2 is 1.56 bits per heavy atom. The minimum atomic E-state index is -0.916. The van der Waals surface area contributed by atoms with Gasteiger partial charge in [0.1, 0.15) is 0 Å². The van der Waals surface area contributed by atoms with Gasteiger partial charge < -0.3 is 15.0 Å². The second-order valence-corrected chi connectivity index (χ2v) is 10.5. The molecule has 32 heavy (non-hydrogen) atoms. The smallest absolute Gasteiger partial charge is 0.308 e. The zero-order chi connectivity index (χ0) is 22.1. The van der Waals surface area contributed by atoms with E-state index in [9.17, 15) is 14.4 Å². The Labute approximate surface area is 190 Å². The predicted octanol–water partition coefficient (Wildman–Crippen LogP) is 3.62. The molecule has 6 nitrogen and oxygen atoms in total. The molecule has 4 saturated carbocycles. The van der Waals surface area contributed by atoms with E-state index < -0.39 is 12.1 Å². The van der Waals surface area contributed by atoms with Crippen LogP contribution in [0.4, 0.5) is 0 Å². The number of carbonyl (C=O) groups is 3.